The molecule has 0 N–H and O–H groups in total. The molecule has 33 heavy (non-hydrogen) atoms. The van der Waals surface area contributed by atoms with Crippen LogP contribution < -0.4 is 15.3 Å². The molecule has 1 aliphatic heterocycles. The molecule has 1 fully saturated rings. The fourth-order valence-corrected chi connectivity index (χ4v) is 4.21. The molecule has 2 heterocycles. The van der Waals surface area contributed by atoms with Gasteiger partial charge in [-0.3, -0.25) is 9.59 Å². The molecule has 7 nitrogen and oxygen atoms in total. The summed E-state index contributed by atoms with van der Waals surface area (Å²) in [4.78, 5) is 41.1. The number of esters is 1. The smallest absolute Gasteiger partial charge is 0.340 e. The van der Waals surface area contributed by atoms with Crippen LogP contribution in [0.15, 0.2) is 45.6 Å². The summed E-state index contributed by atoms with van der Waals surface area (Å²) >= 11 is 0. The van der Waals surface area contributed by atoms with Gasteiger partial charge >= 0.3 is 11.6 Å². The van der Waals surface area contributed by atoms with Crippen LogP contribution in [-0.2, 0) is 16.0 Å². The van der Waals surface area contributed by atoms with Crippen LogP contribution in [-0.4, -0.2) is 43.0 Å². The highest BCUT2D eigenvalue weighted by Gasteiger charge is 2.25. The first-order valence-electron chi connectivity index (χ1n) is 10.8. The number of nitrogens with zero attached hydrogens (tertiary/aromatic N) is 2. The van der Waals surface area contributed by atoms with Crippen molar-refractivity contribution in [2.75, 3.05) is 31.1 Å². The molecule has 0 spiro atoms. The first kappa shape index (κ1) is 22.5. The number of carbonyl (C=O) groups excluding carboxylic acids is 2. The molecule has 1 saturated heterocycles. The zero-order valence-electron chi connectivity index (χ0n) is 18.8. The second kappa shape index (κ2) is 9.05. The first-order chi connectivity index (χ1) is 15.7. The molecular weight excluding hydrogens is 427 g/mol. The summed E-state index contributed by atoms with van der Waals surface area (Å²) in [6, 6.07) is 9.69. The molecule has 8 heteroatoms. The van der Waals surface area contributed by atoms with Crippen LogP contribution in [0.5, 0.6) is 5.75 Å². The van der Waals surface area contributed by atoms with E-state index in [0.29, 0.717) is 48.5 Å². The van der Waals surface area contributed by atoms with E-state index in [1.807, 2.05) is 6.92 Å². The number of benzene rings is 2. The Hall–Kier alpha value is -3.68. The number of hydrogen-bond donors (Lipinski definition) is 0. The van der Waals surface area contributed by atoms with Crippen LogP contribution in [0.4, 0.5) is 10.1 Å². The number of ether oxygens (including phenoxy) is 1. The molecule has 1 aliphatic rings. The average molecular weight is 452 g/mol. The Morgan fingerprint density at radius 3 is 2.36 bits per heavy atom. The lowest BCUT2D eigenvalue weighted by Gasteiger charge is -2.36. The van der Waals surface area contributed by atoms with Crippen molar-refractivity contribution < 1.29 is 23.1 Å². The molecule has 1 amide bonds. The number of amides is 1. The highest BCUT2D eigenvalue weighted by molar-refractivity contribution is 5.91. The molecule has 2 aromatic carbocycles. The Balaban J connectivity index is 1.54. The Labute approximate surface area is 190 Å². The van der Waals surface area contributed by atoms with Crippen LogP contribution in [0.2, 0.25) is 0 Å². The van der Waals surface area contributed by atoms with Crippen molar-refractivity contribution in [3.05, 3.63) is 69.3 Å². The van der Waals surface area contributed by atoms with E-state index < -0.39 is 11.6 Å². The molecule has 0 bridgehead atoms. The van der Waals surface area contributed by atoms with Crippen molar-refractivity contribution >= 4 is 28.5 Å². The van der Waals surface area contributed by atoms with Gasteiger partial charge in [-0.05, 0) is 61.4 Å². The molecule has 0 aliphatic carbocycles. The number of carbonyl (C=O) groups is 2. The van der Waals surface area contributed by atoms with E-state index >= 15 is 0 Å². The maximum absolute atomic E-state index is 13.2. The Kier molecular flexibility index (Phi) is 6.18. The van der Waals surface area contributed by atoms with Gasteiger partial charge in [-0.15, -0.1) is 0 Å². The fraction of sp³-hybridized carbons (Fsp3) is 0.320. The number of aryl methyl sites for hydroxylation is 2. The normalized spacial score (nSPS) is 13.9. The third kappa shape index (κ3) is 4.74. The summed E-state index contributed by atoms with van der Waals surface area (Å²) in [7, 11) is 0. The second-order valence-electron chi connectivity index (χ2n) is 8.24. The number of fused-ring (bicyclic) bond motifs is 1. The molecule has 1 aromatic heterocycles. The SMILES string of the molecule is CC(=O)Oc1cc(C)cc2oc(=O)c(CC(=O)N3CCN(c4ccc(F)cc4)CC3)c(C)c12. The highest BCUT2D eigenvalue weighted by Crippen LogP contribution is 2.31. The maximum atomic E-state index is 13.2. The second-order valence-corrected chi connectivity index (χ2v) is 8.24. The van der Waals surface area contributed by atoms with Gasteiger partial charge < -0.3 is 19.0 Å². The Morgan fingerprint density at radius 1 is 1.06 bits per heavy atom. The monoisotopic (exact) mass is 452 g/mol. The van der Waals surface area contributed by atoms with Crippen molar-refractivity contribution in [2.24, 2.45) is 0 Å². The third-order valence-corrected chi connectivity index (χ3v) is 5.89. The number of hydrogen-bond acceptors (Lipinski definition) is 6. The van der Waals surface area contributed by atoms with E-state index in [2.05, 4.69) is 4.90 Å². The molecule has 3 aromatic rings. The van der Waals surface area contributed by atoms with Crippen molar-refractivity contribution in [1.82, 2.24) is 4.90 Å². The van der Waals surface area contributed by atoms with Crippen LogP contribution in [0.3, 0.4) is 0 Å². The van der Waals surface area contributed by atoms with Gasteiger partial charge in [-0.1, -0.05) is 0 Å². The van der Waals surface area contributed by atoms with E-state index in [1.165, 1.54) is 19.1 Å². The summed E-state index contributed by atoms with van der Waals surface area (Å²) in [6.07, 6.45) is -0.103. The quantitative estimate of drug-likeness (QED) is 0.343. The van der Waals surface area contributed by atoms with Gasteiger partial charge in [-0.25, -0.2) is 9.18 Å². The molecule has 4 rings (SSSR count). The number of rotatable bonds is 4. The molecule has 0 saturated carbocycles. The van der Waals surface area contributed by atoms with Crippen LogP contribution in [0.25, 0.3) is 11.0 Å². The molecule has 172 valence electrons. The largest absolute Gasteiger partial charge is 0.426 e. The van der Waals surface area contributed by atoms with Crippen molar-refractivity contribution in [3.8, 4) is 5.75 Å². The summed E-state index contributed by atoms with van der Waals surface area (Å²) in [5.41, 5.74) is 2.25. The standard InChI is InChI=1S/C25H25FN2O5/c1-15-12-21(32-17(3)29)24-16(2)20(25(31)33-22(24)13-15)14-23(30)28-10-8-27(9-11-28)19-6-4-18(26)5-7-19/h4-7,12-13H,8-11,14H2,1-3H3. The predicted molar refractivity (Wildman–Crippen MR) is 122 cm³/mol. The summed E-state index contributed by atoms with van der Waals surface area (Å²) < 4.78 is 24.0. The minimum Gasteiger partial charge on any atom is -0.426 e. The van der Waals surface area contributed by atoms with Crippen molar-refractivity contribution in [2.45, 2.75) is 27.2 Å². The number of piperazine rings is 1. The fourth-order valence-electron chi connectivity index (χ4n) is 4.21. The van der Waals surface area contributed by atoms with Gasteiger partial charge in [-0.2, -0.15) is 0 Å². The van der Waals surface area contributed by atoms with Crippen molar-refractivity contribution in [3.63, 3.8) is 0 Å². The van der Waals surface area contributed by atoms with Gasteiger partial charge in [0.05, 0.1) is 17.4 Å². The van der Waals surface area contributed by atoms with E-state index in [-0.39, 0.29) is 23.7 Å². The van der Waals surface area contributed by atoms with Gasteiger partial charge in [0.1, 0.15) is 17.1 Å². The predicted octanol–water partition coefficient (Wildman–Crippen LogP) is 3.37. The zero-order valence-corrected chi connectivity index (χ0v) is 18.8. The van der Waals surface area contributed by atoms with Crippen molar-refractivity contribution in [1.29, 1.82) is 0 Å². The van der Waals surface area contributed by atoms with Gasteiger partial charge in [0.2, 0.25) is 5.91 Å². The lowest BCUT2D eigenvalue weighted by molar-refractivity contribution is -0.132. The minimum absolute atomic E-state index is 0.103. The van der Waals surface area contributed by atoms with E-state index in [9.17, 15) is 18.8 Å². The lowest BCUT2D eigenvalue weighted by atomic mass is 10.0. The molecular formula is C25H25FN2O5. The topological polar surface area (TPSA) is 80.1 Å². The maximum Gasteiger partial charge on any atom is 0.340 e. The Morgan fingerprint density at radius 2 is 1.73 bits per heavy atom. The Bertz CT molecular complexity index is 1270. The highest BCUT2D eigenvalue weighted by atomic mass is 19.1. The first-order valence-corrected chi connectivity index (χ1v) is 10.8. The number of halogens is 1. The number of anilines is 1. The average Bonchev–Trinajstić information content (AvgIpc) is 2.76. The van der Waals surface area contributed by atoms with E-state index in [0.717, 1.165) is 11.3 Å². The molecule has 0 unspecified atom stereocenters. The summed E-state index contributed by atoms with van der Waals surface area (Å²) in [5, 5.41) is 0.513. The van der Waals surface area contributed by atoms with Gasteiger partial charge in [0.25, 0.3) is 0 Å². The van der Waals surface area contributed by atoms with Crippen LogP contribution in [0, 0.1) is 19.7 Å². The minimum atomic E-state index is -0.572. The van der Waals surface area contributed by atoms with Gasteiger partial charge in [0.15, 0.2) is 0 Å². The molecule has 0 radical (unpaired) electrons. The molecule has 0 atom stereocenters. The van der Waals surface area contributed by atoms with Crippen LogP contribution in [0.1, 0.15) is 23.6 Å². The van der Waals surface area contributed by atoms with Crippen LogP contribution >= 0.6 is 0 Å². The third-order valence-electron chi connectivity index (χ3n) is 5.89. The van der Waals surface area contributed by atoms with Gasteiger partial charge in [0, 0.05) is 38.8 Å². The summed E-state index contributed by atoms with van der Waals surface area (Å²) in [6.45, 7) is 7.05. The lowest BCUT2D eigenvalue weighted by Crippen LogP contribution is -2.49. The summed E-state index contributed by atoms with van der Waals surface area (Å²) in [5.74, 6) is -0.640. The van der Waals surface area contributed by atoms with E-state index in [1.54, 1.807) is 36.1 Å². The van der Waals surface area contributed by atoms with E-state index in [4.69, 9.17) is 9.15 Å². The zero-order chi connectivity index (χ0) is 23.7.